The monoisotopic (exact) mass is 188 g/mol. The van der Waals surface area contributed by atoms with E-state index in [9.17, 15) is 4.79 Å². The number of amides is 1. The first kappa shape index (κ1) is 12.2. The molecule has 0 fully saturated rings. The summed E-state index contributed by atoms with van der Waals surface area (Å²) in [6.45, 7) is 6.31. The zero-order valence-electron chi connectivity index (χ0n) is 9.13. The average molecular weight is 188 g/mol. The van der Waals surface area contributed by atoms with Crippen molar-refractivity contribution in [3.05, 3.63) is 0 Å². The molecule has 0 saturated carbocycles. The molecule has 0 saturated heterocycles. The van der Waals surface area contributed by atoms with Crippen molar-refractivity contribution in [2.75, 3.05) is 20.7 Å². The van der Waals surface area contributed by atoms with E-state index in [0.717, 1.165) is 0 Å². The van der Waals surface area contributed by atoms with E-state index >= 15 is 0 Å². The first-order valence-electron chi connectivity index (χ1n) is 4.35. The Hall–Kier alpha value is -0.770. The van der Waals surface area contributed by atoms with Crippen molar-refractivity contribution < 1.29 is 9.53 Å². The van der Waals surface area contributed by atoms with Crippen molar-refractivity contribution in [2.24, 2.45) is 11.1 Å². The number of rotatable bonds is 2. The van der Waals surface area contributed by atoms with Crippen molar-refractivity contribution in [1.82, 2.24) is 4.90 Å². The number of carbonyl (C=O) groups is 1. The molecule has 13 heavy (non-hydrogen) atoms. The summed E-state index contributed by atoms with van der Waals surface area (Å²) in [5, 5.41) is 0. The molecule has 1 amide bonds. The molecule has 0 rings (SSSR count). The third-order valence-electron chi connectivity index (χ3n) is 1.86. The van der Waals surface area contributed by atoms with Crippen LogP contribution in [0.4, 0.5) is 4.79 Å². The van der Waals surface area contributed by atoms with Gasteiger partial charge in [-0.1, -0.05) is 20.8 Å². The summed E-state index contributed by atoms with van der Waals surface area (Å²) >= 11 is 0. The van der Waals surface area contributed by atoms with E-state index in [2.05, 4.69) is 0 Å². The van der Waals surface area contributed by atoms with Crippen LogP contribution >= 0.6 is 0 Å². The second-order valence-electron chi connectivity index (χ2n) is 4.44. The van der Waals surface area contributed by atoms with Crippen molar-refractivity contribution in [2.45, 2.75) is 26.8 Å². The van der Waals surface area contributed by atoms with Gasteiger partial charge >= 0.3 is 6.09 Å². The summed E-state index contributed by atoms with van der Waals surface area (Å²) < 4.78 is 4.95. The molecule has 0 radical (unpaired) electrons. The Kier molecular flexibility index (Phi) is 4.20. The van der Waals surface area contributed by atoms with E-state index < -0.39 is 0 Å². The molecular weight excluding hydrogens is 168 g/mol. The maximum absolute atomic E-state index is 11.0. The molecule has 0 aromatic heterocycles. The van der Waals surface area contributed by atoms with Crippen molar-refractivity contribution >= 4 is 6.09 Å². The second kappa shape index (κ2) is 4.46. The fourth-order valence-corrected chi connectivity index (χ4v) is 0.540. The molecule has 0 bridgehead atoms. The molecule has 78 valence electrons. The lowest BCUT2D eigenvalue weighted by Gasteiger charge is -2.26. The van der Waals surface area contributed by atoms with Crippen LogP contribution in [-0.4, -0.2) is 37.7 Å². The fraction of sp³-hybridized carbons (Fsp3) is 0.889. The molecule has 0 heterocycles. The van der Waals surface area contributed by atoms with Gasteiger partial charge in [0.15, 0.2) is 0 Å². The normalized spacial score (nSPS) is 13.7. The molecule has 4 heteroatoms. The van der Waals surface area contributed by atoms with Gasteiger partial charge in [0, 0.05) is 20.1 Å². The number of nitrogens with zero attached hydrogens (tertiary/aromatic N) is 1. The van der Waals surface area contributed by atoms with E-state index in [1.165, 1.54) is 4.90 Å². The zero-order chi connectivity index (χ0) is 10.6. The Morgan fingerprint density at radius 3 is 2.23 bits per heavy atom. The number of carbonyl (C=O) groups excluding carboxylic acids is 1. The maximum Gasteiger partial charge on any atom is 0.409 e. The Labute approximate surface area is 80.0 Å². The summed E-state index contributed by atoms with van der Waals surface area (Å²) in [5.41, 5.74) is 5.77. The Morgan fingerprint density at radius 2 is 1.92 bits per heavy atom. The van der Waals surface area contributed by atoms with Gasteiger partial charge in [-0.05, 0) is 5.41 Å². The van der Waals surface area contributed by atoms with E-state index in [1.54, 1.807) is 14.1 Å². The quantitative estimate of drug-likeness (QED) is 0.705. The number of nitrogens with two attached hydrogens (primary N) is 1. The summed E-state index contributed by atoms with van der Waals surface area (Å²) in [6, 6.07) is -0.128. The lowest BCUT2D eigenvalue weighted by Crippen LogP contribution is -2.40. The molecule has 4 nitrogen and oxygen atoms in total. The summed E-state index contributed by atoms with van der Waals surface area (Å²) in [4.78, 5) is 12.4. The minimum atomic E-state index is -0.347. The molecule has 0 aliphatic rings. The van der Waals surface area contributed by atoms with Gasteiger partial charge < -0.3 is 15.4 Å². The molecule has 1 unspecified atom stereocenters. The van der Waals surface area contributed by atoms with Crippen molar-refractivity contribution in [3.8, 4) is 0 Å². The molecule has 0 aliphatic carbocycles. The Morgan fingerprint density at radius 1 is 1.46 bits per heavy atom. The minimum Gasteiger partial charge on any atom is -0.448 e. The minimum absolute atomic E-state index is 0.0351. The van der Waals surface area contributed by atoms with Crippen LogP contribution in [0.15, 0.2) is 0 Å². The number of hydrogen-bond acceptors (Lipinski definition) is 3. The lowest BCUT2D eigenvalue weighted by atomic mass is 9.88. The third kappa shape index (κ3) is 4.72. The van der Waals surface area contributed by atoms with Crippen molar-refractivity contribution in [1.29, 1.82) is 0 Å². The Balaban J connectivity index is 3.84. The predicted octanol–water partition coefficient (Wildman–Crippen LogP) is 1.06. The fourth-order valence-electron chi connectivity index (χ4n) is 0.540. The van der Waals surface area contributed by atoms with Crippen LogP contribution in [0, 0.1) is 5.41 Å². The highest BCUT2D eigenvalue weighted by Crippen LogP contribution is 2.17. The van der Waals surface area contributed by atoms with Gasteiger partial charge in [0.2, 0.25) is 0 Å². The largest absolute Gasteiger partial charge is 0.448 e. The topological polar surface area (TPSA) is 55.6 Å². The standard InChI is InChI=1S/C9H20N2O2/c1-9(2,3)7(10)6-13-8(12)11(4)5/h7H,6,10H2,1-5H3. The average Bonchev–Trinajstić information content (AvgIpc) is 1.97. The van der Waals surface area contributed by atoms with Crippen LogP contribution in [0.25, 0.3) is 0 Å². The lowest BCUT2D eigenvalue weighted by molar-refractivity contribution is 0.0960. The molecule has 2 N–H and O–H groups in total. The molecule has 1 atom stereocenters. The second-order valence-corrected chi connectivity index (χ2v) is 4.44. The van der Waals surface area contributed by atoms with Gasteiger partial charge in [0.25, 0.3) is 0 Å². The first-order chi connectivity index (χ1) is 5.75. The van der Waals surface area contributed by atoms with E-state index in [-0.39, 0.29) is 24.2 Å². The SMILES string of the molecule is CN(C)C(=O)OCC(N)C(C)(C)C. The van der Waals surface area contributed by atoms with Crippen LogP contribution in [0.1, 0.15) is 20.8 Å². The first-order valence-corrected chi connectivity index (χ1v) is 4.35. The van der Waals surface area contributed by atoms with Crippen molar-refractivity contribution in [3.63, 3.8) is 0 Å². The number of hydrogen-bond donors (Lipinski definition) is 1. The molecule has 0 aliphatic heterocycles. The van der Waals surface area contributed by atoms with Crippen LogP contribution in [-0.2, 0) is 4.74 Å². The van der Waals surface area contributed by atoms with E-state index in [0.29, 0.717) is 0 Å². The molecular formula is C9H20N2O2. The highest BCUT2D eigenvalue weighted by atomic mass is 16.6. The van der Waals surface area contributed by atoms with Crippen LogP contribution < -0.4 is 5.73 Å². The van der Waals surface area contributed by atoms with Crippen LogP contribution in [0.3, 0.4) is 0 Å². The Bertz CT molecular complexity index is 173. The molecule has 0 aromatic rings. The van der Waals surface area contributed by atoms with Gasteiger partial charge in [-0.15, -0.1) is 0 Å². The smallest absolute Gasteiger partial charge is 0.409 e. The van der Waals surface area contributed by atoms with E-state index in [1.807, 2.05) is 20.8 Å². The number of ether oxygens (including phenoxy) is 1. The molecule has 0 spiro atoms. The van der Waals surface area contributed by atoms with Crippen LogP contribution in [0.5, 0.6) is 0 Å². The van der Waals surface area contributed by atoms with Gasteiger partial charge in [-0.2, -0.15) is 0 Å². The van der Waals surface area contributed by atoms with Gasteiger partial charge in [0.05, 0.1) is 0 Å². The zero-order valence-corrected chi connectivity index (χ0v) is 9.13. The van der Waals surface area contributed by atoms with Gasteiger partial charge in [0.1, 0.15) is 6.61 Å². The predicted molar refractivity (Wildman–Crippen MR) is 52.5 cm³/mol. The van der Waals surface area contributed by atoms with Crippen LogP contribution in [0.2, 0.25) is 0 Å². The maximum atomic E-state index is 11.0. The van der Waals surface area contributed by atoms with Gasteiger partial charge in [-0.25, -0.2) is 4.79 Å². The van der Waals surface area contributed by atoms with E-state index in [4.69, 9.17) is 10.5 Å². The molecule has 0 aromatic carbocycles. The highest BCUT2D eigenvalue weighted by molar-refractivity contribution is 5.66. The summed E-state index contributed by atoms with van der Waals surface area (Å²) in [5.74, 6) is 0. The summed E-state index contributed by atoms with van der Waals surface area (Å²) in [6.07, 6.45) is -0.347. The highest BCUT2D eigenvalue weighted by Gasteiger charge is 2.22. The van der Waals surface area contributed by atoms with Gasteiger partial charge in [-0.3, -0.25) is 0 Å². The third-order valence-corrected chi connectivity index (χ3v) is 1.86. The summed E-state index contributed by atoms with van der Waals surface area (Å²) in [7, 11) is 3.29.